The van der Waals surface area contributed by atoms with Gasteiger partial charge in [0, 0.05) is 26.3 Å². The van der Waals surface area contributed by atoms with E-state index in [0.717, 1.165) is 0 Å². The van der Waals surface area contributed by atoms with Gasteiger partial charge in [0.2, 0.25) is 0 Å². The van der Waals surface area contributed by atoms with Crippen LogP contribution in [0.2, 0.25) is 0 Å². The third kappa shape index (κ3) is 4.86. The molecule has 0 aromatic carbocycles. The summed E-state index contributed by atoms with van der Waals surface area (Å²) in [5.74, 6) is -0.328. The lowest BCUT2D eigenvalue weighted by Crippen LogP contribution is -2.31. The van der Waals surface area contributed by atoms with Crippen molar-refractivity contribution in [1.29, 1.82) is 5.26 Å². The molecule has 0 unspecified atom stereocenters. The molecule has 0 aromatic heterocycles. The zero-order valence-corrected chi connectivity index (χ0v) is 8.46. The summed E-state index contributed by atoms with van der Waals surface area (Å²) >= 11 is 0. The molecule has 0 aliphatic heterocycles. The Morgan fingerprint density at radius 2 is 2.08 bits per heavy atom. The average Bonchev–Trinajstić information content (AvgIpc) is 1.98. The number of rotatable bonds is 3. The number of nitriles is 1. The fourth-order valence-electron chi connectivity index (χ4n) is 0.736. The summed E-state index contributed by atoms with van der Waals surface area (Å²) in [7, 11) is 3.53. The van der Waals surface area contributed by atoms with Crippen molar-refractivity contribution in [1.82, 2.24) is 10.2 Å². The third-order valence-corrected chi connectivity index (χ3v) is 1.17. The molecule has 0 aromatic rings. The fourth-order valence-corrected chi connectivity index (χ4v) is 0.736. The van der Waals surface area contributed by atoms with Crippen LogP contribution in [0, 0.1) is 11.3 Å². The SMILES string of the molecule is CC(C)NC(=O)/C(C#N)=C\N(C)C. The Hall–Kier alpha value is -1.50. The monoisotopic (exact) mass is 181 g/mol. The van der Waals surface area contributed by atoms with Crippen LogP contribution in [-0.4, -0.2) is 30.9 Å². The lowest BCUT2D eigenvalue weighted by molar-refractivity contribution is -0.117. The second kappa shape index (κ2) is 5.20. The minimum absolute atomic E-state index is 0.0476. The van der Waals surface area contributed by atoms with Crippen molar-refractivity contribution in [3.63, 3.8) is 0 Å². The summed E-state index contributed by atoms with van der Waals surface area (Å²) < 4.78 is 0. The van der Waals surface area contributed by atoms with Gasteiger partial charge in [0.25, 0.3) is 5.91 Å². The molecular formula is C9H15N3O. The van der Waals surface area contributed by atoms with Crippen LogP contribution in [0.5, 0.6) is 0 Å². The van der Waals surface area contributed by atoms with Gasteiger partial charge in [-0.1, -0.05) is 0 Å². The Kier molecular flexibility index (Phi) is 4.60. The zero-order chi connectivity index (χ0) is 10.4. The molecule has 0 aliphatic rings. The zero-order valence-electron chi connectivity index (χ0n) is 8.46. The van der Waals surface area contributed by atoms with Crippen molar-refractivity contribution >= 4 is 5.91 Å². The van der Waals surface area contributed by atoms with Gasteiger partial charge in [-0.15, -0.1) is 0 Å². The van der Waals surface area contributed by atoms with Gasteiger partial charge in [-0.05, 0) is 13.8 Å². The lowest BCUT2D eigenvalue weighted by atomic mass is 10.2. The van der Waals surface area contributed by atoms with E-state index in [1.165, 1.54) is 6.20 Å². The molecule has 0 saturated heterocycles. The van der Waals surface area contributed by atoms with E-state index in [-0.39, 0.29) is 17.5 Å². The van der Waals surface area contributed by atoms with Crippen LogP contribution in [0.3, 0.4) is 0 Å². The summed E-state index contributed by atoms with van der Waals surface area (Å²) in [6.07, 6.45) is 1.50. The average molecular weight is 181 g/mol. The molecule has 0 saturated carbocycles. The number of hydrogen-bond acceptors (Lipinski definition) is 3. The van der Waals surface area contributed by atoms with Crippen molar-refractivity contribution in [2.24, 2.45) is 0 Å². The quantitative estimate of drug-likeness (QED) is 0.509. The molecule has 0 spiro atoms. The van der Waals surface area contributed by atoms with Crippen LogP contribution in [0.4, 0.5) is 0 Å². The van der Waals surface area contributed by atoms with Crippen molar-refractivity contribution < 1.29 is 4.79 Å². The molecule has 13 heavy (non-hydrogen) atoms. The second-order valence-electron chi connectivity index (χ2n) is 3.25. The highest BCUT2D eigenvalue weighted by Gasteiger charge is 2.09. The largest absolute Gasteiger partial charge is 0.382 e. The number of nitrogens with zero attached hydrogens (tertiary/aromatic N) is 2. The molecule has 1 amide bonds. The van der Waals surface area contributed by atoms with E-state index in [1.54, 1.807) is 19.0 Å². The van der Waals surface area contributed by atoms with Crippen LogP contribution in [0.15, 0.2) is 11.8 Å². The van der Waals surface area contributed by atoms with E-state index in [1.807, 2.05) is 19.9 Å². The van der Waals surface area contributed by atoms with Gasteiger partial charge >= 0.3 is 0 Å². The molecule has 1 N–H and O–H groups in total. The number of carbonyl (C=O) groups excluding carboxylic acids is 1. The summed E-state index contributed by atoms with van der Waals surface area (Å²) in [6.45, 7) is 3.70. The highest BCUT2D eigenvalue weighted by molar-refractivity contribution is 5.97. The van der Waals surface area contributed by atoms with E-state index in [4.69, 9.17) is 5.26 Å². The molecule has 0 atom stereocenters. The van der Waals surface area contributed by atoms with Gasteiger partial charge in [-0.25, -0.2) is 0 Å². The maximum absolute atomic E-state index is 11.3. The maximum Gasteiger partial charge on any atom is 0.263 e. The summed E-state index contributed by atoms with van der Waals surface area (Å²) in [5, 5.41) is 11.3. The standard InChI is InChI=1S/C9H15N3O/c1-7(2)11-9(13)8(5-10)6-12(3)4/h6-7H,1-4H3,(H,11,13)/b8-6-. The minimum atomic E-state index is -0.328. The van der Waals surface area contributed by atoms with Crippen LogP contribution in [0.25, 0.3) is 0 Å². The Morgan fingerprint density at radius 3 is 2.38 bits per heavy atom. The van der Waals surface area contributed by atoms with E-state index in [2.05, 4.69) is 5.32 Å². The third-order valence-electron chi connectivity index (χ3n) is 1.17. The highest BCUT2D eigenvalue weighted by Crippen LogP contribution is 1.94. The Morgan fingerprint density at radius 1 is 1.54 bits per heavy atom. The predicted molar refractivity (Wildman–Crippen MR) is 50.7 cm³/mol. The molecule has 0 bridgehead atoms. The molecule has 0 rings (SSSR count). The first-order valence-electron chi connectivity index (χ1n) is 4.06. The number of nitrogens with one attached hydrogen (secondary N) is 1. The fraction of sp³-hybridized carbons (Fsp3) is 0.556. The van der Waals surface area contributed by atoms with Crippen molar-refractivity contribution in [3.05, 3.63) is 11.8 Å². The smallest absolute Gasteiger partial charge is 0.263 e. The normalized spacial score (nSPS) is 10.9. The molecule has 0 heterocycles. The first kappa shape index (κ1) is 11.5. The molecule has 0 radical (unpaired) electrons. The molecule has 0 aliphatic carbocycles. The maximum atomic E-state index is 11.3. The minimum Gasteiger partial charge on any atom is -0.382 e. The van der Waals surface area contributed by atoms with E-state index < -0.39 is 0 Å². The molecule has 4 heteroatoms. The van der Waals surface area contributed by atoms with Gasteiger partial charge in [-0.2, -0.15) is 5.26 Å². The van der Waals surface area contributed by atoms with Crippen LogP contribution in [0.1, 0.15) is 13.8 Å². The van der Waals surface area contributed by atoms with E-state index in [0.29, 0.717) is 0 Å². The van der Waals surface area contributed by atoms with Gasteiger partial charge in [0.1, 0.15) is 11.6 Å². The molecular weight excluding hydrogens is 166 g/mol. The molecule has 0 fully saturated rings. The molecule has 72 valence electrons. The van der Waals surface area contributed by atoms with Crippen molar-refractivity contribution in [3.8, 4) is 6.07 Å². The summed E-state index contributed by atoms with van der Waals surface area (Å²) in [4.78, 5) is 13.0. The van der Waals surface area contributed by atoms with Crippen molar-refractivity contribution in [2.75, 3.05) is 14.1 Å². The number of carbonyl (C=O) groups is 1. The van der Waals surface area contributed by atoms with Gasteiger partial charge in [-0.3, -0.25) is 4.79 Å². The second-order valence-corrected chi connectivity index (χ2v) is 3.25. The van der Waals surface area contributed by atoms with Gasteiger partial charge in [0.15, 0.2) is 0 Å². The first-order chi connectivity index (χ1) is 5.97. The number of hydrogen-bond donors (Lipinski definition) is 1. The van der Waals surface area contributed by atoms with Gasteiger partial charge < -0.3 is 10.2 Å². The highest BCUT2D eigenvalue weighted by atomic mass is 16.1. The van der Waals surface area contributed by atoms with E-state index >= 15 is 0 Å². The van der Waals surface area contributed by atoms with Crippen molar-refractivity contribution in [2.45, 2.75) is 19.9 Å². The summed E-state index contributed by atoms with van der Waals surface area (Å²) in [6, 6.07) is 1.89. The van der Waals surface area contributed by atoms with E-state index in [9.17, 15) is 4.79 Å². The predicted octanol–water partition coefficient (Wildman–Crippen LogP) is 0.480. The Bertz CT molecular complexity index is 248. The summed E-state index contributed by atoms with van der Waals surface area (Å²) in [5.41, 5.74) is 0.124. The van der Waals surface area contributed by atoms with Gasteiger partial charge in [0.05, 0.1) is 0 Å². The topological polar surface area (TPSA) is 56.1 Å². The lowest BCUT2D eigenvalue weighted by Gasteiger charge is -2.09. The number of amides is 1. The van der Waals surface area contributed by atoms with Crippen LogP contribution in [-0.2, 0) is 4.79 Å². The first-order valence-corrected chi connectivity index (χ1v) is 4.06. The van der Waals surface area contributed by atoms with Crippen LogP contribution < -0.4 is 5.32 Å². The molecule has 4 nitrogen and oxygen atoms in total. The Balaban J connectivity index is 4.44. The van der Waals surface area contributed by atoms with Crippen LogP contribution >= 0.6 is 0 Å². The Labute approximate surface area is 78.8 Å².